The van der Waals surface area contributed by atoms with Crippen molar-refractivity contribution in [2.45, 2.75) is 0 Å². The zero-order chi connectivity index (χ0) is 7.84. The van der Waals surface area contributed by atoms with Gasteiger partial charge < -0.3 is 10.0 Å². The number of H-pyrrole nitrogens is 1. The lowest BCUT2D eigenvalue weighted by molar-refractivity contribution is 0.427. The molecule has 0 aliphatic rings. The maximum absolute atomic E-state index is 8.77. The largest absolute Gasteiger partial charge is 0.499 e. The minimum atomic E-state index is -1.37. The number of nitrogens with one attached hydrogen (secondary N) is 1. The van der Waals surface area contributed by atoms with E-state index in [2.05, 4.69) is 10.2 Å². The van der Waals surface area contributed by atoms with E-state index in [1.54, 1.807) is 12.3 Å². The number of thiophene rings is 1. The molecule has 6 heteroatoms. The van der Waals surface area contributed by atoms with Crippen molar-refractivity contribution in [1.82, 2.24) is 10.2 Å². The maximum Gasteiger partial charge on any atom is 0.499 e. The molecule has 0 aromatic carbocycles. The average molecular weight is 168 g/mol. The van der Waals surface area contributed by atoms with Gasteiger partial charge in [0.1, 0.15) is 4.83 Å². The Morgan fingerprint density at radius 1 is 1.55 bits per heavy atom. The number of hydrogen-bond donors (Lipinski definition) is 3. The van der Waals surface area contributed by atoms with Gasteiger partial charge in [0.05, 0.1) is 6.20 Å². The monoisotopic (exact) mass is 168 g/mol. The molecule has 2 heterocycles. The summed E-state index contributed by atoms with van der Waals surface area (Å²) < 4.78 is 0.536. The smallest absolute Gasteiger partial charge is 0.423 e. The third-order valence-corrected chi connectivity index (χ3v) is 2.50. The summed E-state index contributed by atoms with van der Waals surface area (Å²) in [6.07, 6.45) is 1.65. The van der Waals surface area contributed by atoms with Crippen molar-refractivity contribution in [3.63, 3.8) is 0 Å². The molecule has 56 valence electrons. The molecule has 2 aromatic rings. The Kier molecular flexibility index (Phi) is 1.45. The second-order valence-electron chi connectivity index (χ2n) is 2.18. The summed E-state index contributed by atoms with van der Waals surface area (Å²) in [5.74, 6) is 0. The predicted molar refractivity (Wildman–Crippen MR) is 43.8 cm³/mol. The van der Waals surface area contributed by atoms with Crippen LogP contribution in [0.3, 0.4) is 0 Å². The predicted octanol–water partition coefficient (Wildman–Crippen LogP) is -0.696. The highest BCUT2D eigenvalue weighted by Gasteiger charge is 2.14. The molecule has 0 saturated carbocycles. The molecule has 3 N–H and O–H groups in total. The van der Waals surface area contributed by atoms with Crippen molar-refractivity contribution in [2.24, 2.45) is 0 Å². The van der Waals surface area contributed by atoms with Crippen molar-refractivity contribution in [1.29, 1.82) is 0 Å². The lowest BCUT2D eigenvalue weighted by Gasteiger charge is -1.87. The van der Waals surface area contributed by atoms with Crippen LogP contribution in [0.5, 0.6) is 0 Å². The van der Waals surface area contributed by atoms with E-state index in [9.17, 15) is 0 Å². The highest BCUT2D eigenvalue weighted by molar-refractivity contribution is 7.27. The SMILES string of the molecule is OB(O)c1cc2cn[nH]c2s1. The van der Waals surface area contributed by atoms with Crippen LogP contribution in [-0.4, -0.2) is 27.4 Å². The number of hydrogen-bond acceptors (Lipinski definition) is 4. The fourth-order valence-electron chi connectivity index (χ4n) is 0.896. The number of rotatable bonds is 1. The minimum Gasteiger partial charge on any atom is -0.423 e. The van der Waals surface area contributed by atoms with E-state index in [1.807, 2.05) is 0 Å². The van der Waals surface area contributed by atoms with Gasteiger partial charge in [-0.1, -0.05) is 0 Å². The highest BCUT2D eigenvalue weighted by atomic mass is 32.1. The van der Waals surface area contributed by atoms with Crippen LogP contribution in [0.25, 0.3) is 10.2 Å². The summed E-state index contributed by atoms with van der Waals surface area (Å²) in [4.78, 5) is 0.869. The summed E-state index contributed by atoms with van der Waals surface area (Å²) in [7, 11) is -1.37. The van der Waals surface area contributed by atoms with E-state index < -0.39 is 7.12 Å². The molecule has 0 fully saturated rings. The molecule has 2 aromatic heterocycles. The van der Waals surface area contributed by atoms with Gasteiger partial charge in [0.15, 0.2) is 0 Å². The quantitative estimate of drug-likeness (QED) is 0.493. The molecule has 0 saturated heterocycles. The minimum absolute atomic E-state index is 0.536. The lowest BCUT2D eigenvalue weighted by atomic mass is 9.89. The van der Waals surface area contributed by atoms with E-state index in [0.717, 1.165) is 10.2 Å². The molecule has 0 spiro atoms. The Morgan fingerprint density at radius 3 is 3.00 bits per heavy atom. The average Bonchev–Trinajstić information content (AvgIpc) is 2.40. The van der Waals surface area contributed by atoms with Crippen LogP contribution >= 0.6 is 11.3 Å². The Bertz CT molecular complexity index is 341. The first-order valence-corrected chi connectivity index (χ1v) is 3.88. The van der Waals surface area contributed by atoms with Crippen molar-refractivity contribution in [3.05, 3.63) is 12.3 Å². The third-order valence-electron chi connectivity index (χ3n) is 1.40. The standard InChI is InChI=1S/C5H5BN2O2S/c9-6(10)4-1-3-2-7-8-5(3)11-4/h1-2,9-10H,(H,7,8). The van der Waals surface area contributed by atoms with Crippen LogP contribution in [-0.2, 0) is 0 Å². The summed E-state index contributed by atoms with van der Waals surface area (Å²) in [5, 5.41) is 25.0. The topological polar surface area (TPSA) is 69.1 Å². The van der Waals surface area contributed by atoms with Crippen LogP contribution in [0.1, 0.15) is 0 Å². The molecule has 0 unspecified atom stereocenters. The lowest BCUT2D eigenvalue weighted by Crippen LogP contribution is -2.26. The van der Waals surface area contributed by atoms with Crippen molar-refractivity contribution >= 4 is 33.4 Å². The summed E-state index contributed by atoms with van der Waals surface area (Å²) in [5.41, 5.74) is 0. The molecule has 11 heavy (non-hydrogen) atoms. The zero-order valence-corrected chi connectivity index (χ0v) is 6.30. The van der Waals surface area contributed by atoms with Crippen molar-refractivity contribution in [2.75, 3.05) is 0 Å². The van der Waals surface area contributed by atoms with Gasteiger partial charge in [0, 0.05) is 10.2 Å². The molecule has 0 atom stereocenters. The van der Waals surface area contributed by atoms with E-state index in [4.69, 9.17) is 10.0 Å². The van der Waals surface area contributed by atoms with Gasteiger partial charge in [-0.2, -0.15) is 5.10 Å². The molecular formula is C5H5BN2O2S. The van der Waals surface area contributed by atoms with Crippen LogP contribution in [0.2, 0.25) is 0 Å². The first kappa shape index (κ1) is 6.84. The van der Waals surface area contributed by atoms with Gasteiger partial charge in [0.25, 0.3) is 0 Å². The molecule has 2 rings (SSSR count). The van der Waals surface area contributed by atoms with Crippen LogP contribution in [0.4, 0.5) is 0 Å². The Morgan fingerprint density at radius 2 is 2.36 bits per heavy atom. The van der Waals surface area contributed by atoms with E-state index in [-0.39, 0.29) is 0 Å². The zero-order valence-electron chi connectivity index (χ0n) is 5.48. The van der Waals surface area contributed by atoms with Crippen molar-refractivity contribution in [3.8, 4) is 0 Å². The first-order valence-electron chi connectivity index (χ1n) is 3.06. The van der Waals surface area contributed by atoms with Gasteiger partial charge in [-0.25, -0.2) is 0 Å². The summed E-state index contributed by atoms with van der Waals surface area (Å²) in [6, 6.07) is 1.70. The second-order valence-corrected chi connectivity index (χ2v) is 3.26. The highest BCUT2D eigenvalue weighted by Crippen LogP contribution is 2.14. The Hall–Kier alpha value is -0.845. The van der Waals surface area contributed by atoms with Gasteiger partial charge in [-0.05, 0) is 6.07 Å². The van der Waals surface area contributed by atoms with Crippen LogP contribution in [0, 0.1) is 0 Å². The van der Waals surface area contributed by atoms with Crippen LogP contribution < -0.4 is 4.78 Å². The number of aromatic nitrogens is 2. The summed E-state index contributed by atoms with van der Waals surface area (Å²) in [6.45, 7) is 0. The van der Waals surface area contributed by atoms with E-state index in [1.165, 1.54) is 11.3 Å². The number of aromatic amines is 1. The van der Waals surface area contributed by atoms with Gasteiger partial charge in [0.2, 0.25) is 0 Å². The van der Waals surface area contributed by atoms with Crippen molar-refractivity contribution < 1.29 is 10.0 Å². The van der Waals surface area contributed by atoms with Gasteiger partial charge in [-0.3, -0.25) is 5.10 Å². The molecule has 0 aliphatic heterocycles. The van der Waals surface area contributed by atoms with Gasteiger partial charge >= 0.3 is 7.12 Å². The Balaban J connectivity index is 2.58. The fourth-order valence-corrected chi connectivity index (χ4v) is 1.75. The normalized spacial score (nSPS) is 10.7. The van der Waals surface area contributed by atoms with Gasteiger partial charge in [-0.15, -0.1) is 11.3 Å². The Labute approximate surface area is 66.6 Å². The number of nitrogens with zero attached hydrogens (tertiary/aromatic N) is 1. The molecule has 0 radical (unpaired) electrons. The van der Waals surface area contributed by atoms with E-state index in [0.29, 0.717) is 4.78 Å². The van der Waals surface area contributed by atoms with E-state index >= 15 is 0 Å². The second kappa shape index (κ2) is 2.33. The third kappa shape index (κ3) is 1.05. The molecular weight excluding hydrogens is 163 g/mol. The number of fused-ring (bicyclic) bond motifs is 1. The molecule has 0 bridgehead atoms. The first-order chi connectivity index (χ1) is 5.27. The van der Waals surface area contributed by atoms with Crippen LogP contribution in [0.15, 0.2) is 12.3 Å². The fraction of sp³-hybridized carbons (Fsp3) is 0. The summed E-state index contributed by atoms with van der Waals surface area (Å²) >= 11 is 1.29. The molecule has 0 amide bonds. The molecule has 4 nitrogen and oxygen atoms in total. The molecule has 0 aliphatic carbocycles. The maximum atomic E-state index is 8.77.